The Morgan fingerprint density at radius 1 is 1.26 bits per heavy atom. The molecular weight excluding hydrogens is 348 g/mol. The number of methoxy groups -OCH3 is 1. The van der Waals surface area contributed by atoms with Crippen molar-refractivity contribution >= 4 is 23.4 Å². The van der Waals surface area contributed by atoms with Crippen LogP contribution in [0.15, 0.2) is 36.4 Å². The number of para-hydroxylation sites is 1. The maximum Gasteiger partial charge on any atom is 0.354 e. The van der Waals surface area contributed by atoms with Crippen molar-refractivity contribution in [2.24, 2.45) is 0 Å². The van der Waals surface area contributed by atoms with Crippen LogP contribution in [-0.4, -0.2) is 67.6 Å². The lowest BCUT2D eigenvalue weighted by atomic mass is 10.2. The smallest absolute Gasteiger partial charge is 0.354 e. The van der Waals surface area contributed by atoms with Crippen molar-refractivity contribution in [3.8, 4) is 0 Å². The summed E-state index contributed by atoms with van der Waals surface area (Å²) in [6.07, 6.45) is 0.782. The highest BCUT2D eigenvalue weighted by atomic mass is 16.5. The van der Waals surface area contributed by atoms with Crippen LogP contribution in [0.3, 0.4) is 0 Å². The minimum Gasteiger partial charge on any atom is -0.477 e. The van der Waals surface area contributed by atoms with E-state index in [1.54, 1.807) is 7.11 Å². The molecule has 0 spiro atoms. The van der Waals surface area contributed by atoms with E-state index < -0.39 is 5.97 Å². The van der Waals surface area contributed by atoms with Gasteiger partial charge in [-0.1, -0.05) is 18.2 Å². The molecule has 144 valence electrons. The summed E-state index contributed by atoms with van der Waals surface area (Å²) < 4.78 is 10.5. The fraction of sp³-hybridized carbons (Fsp3) is 0.421. The summed E-state index contributed by atoms with van der Waals surface area (Å²) in [5, 5.41) is 9.53. The molecule has 1 N–H and O–H groups in total. The van der Waals surface area contributed by atoms with Crippen LogP contribution >= 0.6 is 0 Å². The van der Waals surface area contributed by atoms with Crippen molar-refractivity contribution in [3.05, 3.63) is 42.1 Å². The minimum absolute atomic E-state index is 0.0193. The van der Waals surface area contributed by atoms with E-state index in [1.807, 2.05) is 40.1 Å². The number of morpholine rings is 1. The number of rotatable bonds is 8. The molecule has 0 unspecified atom stereocenters. The molecule has 0 radical (unpaired) electrons. The molecule has 8 nitrogen and oxygen atoms in total. The van der Waals surface area contributed by atoms with Gasteiger partial charge in [-0.3, -0.25) is 0 Å². The molecule has 27 heavy (non-hydrogen) atoms. The Kier molecular flexibility index (Phi) is 6.56. The van der Waals surface area contributed by atoms with Crippen LogP contribution in [-0.2, 0) is 9.47 Å². The normalized spacial score (nSPS) is 14.2. The maximum absolute atomic E-state index is 11.6. The molecule has 1 aromatic carbocycles. The third kappa shape index (κ3) is 4.93. The van der Waals surface area contributed by atoms with E-state index in [9.17, 15) is 9.90 Å². The van der Waals surface area contributed by atoms with Gasteiger partial charge in [0.25, 0.3) is 0 Å². The number of anilines is 3. The first-order chi connectivity index (χ1) is 13.2. The number of hydrogen-bond donors (Lipinski definition) is 1. The van der Waals surface area contributed by atoms with Gasteiger partial charge in [0.2, 0.25) is 5.95 Å². The van der Waals surface area contributed by atoms with Gasteiger partial charge in [-0.25, -0.2) is 9.78 Å². The Balaban J connectivity index is 1.98. The van der Waals surface area contributed by atoms with Gasteiger partial charge in [-0.15, -0.1) is 0 Å². The molecule has 2 heterocycles. The zero-order valence-corrected chi connectivity index (χ0v) is 15.4. The molecule has 1 aliphatic rings. The second kappa shape index (κ2) is 9.29. The van der Waals surface area contributed by atoms with Gasteiger partial charge in [-0.2, -0.15) is 4.98 Å². The van der Waals surface area contributed by atoms with E-state index in [-0.39, 0.29) is 5.69 Å². The fourth-order valence-electron chi connectivity index (χ4n) is 2.93. The van der Waals surface area contributed by atoms with Crippen molar-refractivity contribution in [1.29, 1.82) is 0 Å². The average molecular weight is 372 g/mol. The van der Waals surface area contributed by atoms with E-state index in [4.69, 9.17) is 9.47 Å². The molecule has 8 heteroatoms. The van der Waals surface area contributed by atoms with Crippen LogP contribution in [0.4, 0.5) is 17.5 Å². The Bertz CT molecular complexity index is 751. The van der Waals surface area contributed by atoms with E-state index >= 15 is 0 Å². The lowest BCUT2D eigenvalue weighted by Crippen LogP contribution is -2.38. The monoisotopic (exact) mass is 372 g/mol. The van der Waals surface area contributed by atoms with Crippen LogP contribution in [0.5, 0.6) is 0 Å². The van der Waals surface area contributed by atoms with E-state index in [1.165, 1.54) is 6.07 Å². The molecule has 1 aliphatic heterocycles. The second-order valence-corrected chi connectivity index (χ2v) is 6.15. The zero-order valence-electron chi connectivity index (χ0n) is 15.4. The highest BCUT2D eigenvalue weighted by Crippen LogP contribution is 2.26. The molecule has 0 saturated carbocycles. The van der Waals surface area contributed by atoms with Gasteiger partial charge in [0.1, 0.15) is 5.82 Å². The number of ether oxygens (including phenoxy) is 2. The molecule has 1 fully saturated rings. The third-order valence-electron chi connectivity index (χ3n) is 4.29. The first kappa shape index (κ1) is 19.1. The van der Waals surface area contributed by atoms with Gasteiger partial charge in [0.05, 0.1) is 13.2 Å². The van der Waals surface area contributed by atoms with Gasteiger partial charge >= 0.3 is 5.97 Å². The summed E-state index contributed by atoms with van der Waals surface area (Å²) in [6.45, 7) is 3.68. The number of benzene rings is 1. The molecule has 0 atom stereocenters. The predicted octanol–water partition coefficient (Wildman–Crippen LogP) is 2.19. The largest absolute Gasteiger partial charge is 0.477 e. The van der Waals surface area contributed by atoms with Gasteiger partial charge in [0.15, 0.2) is 5.69 Å². The lowest BCUT2D eigenvalue weighted by Gasteiger charge is -2.29. The van der Waals surface area contributed by atoms with E-state index in [0.29, 0.717) is 51.2 Å². The molecule has 0 aliphatic carbocycles. The van der Waals surface area contributed by atoms with Crippen molar-refractivity contribution in [3.63, 3.8) is 0 Å². The molecule has 1 saturated heterocycles. The predicted molar refractivity (Wildman–Crippen MR) is 102 cm³/mol. The fourth-order valence-corrected chi connectivity index (χ4v) is 2.93. The molecule has 3 rings (SSSR count). The van der Waals surface area contributed by atoms with Crippen molar-refractivity contribution in [2.45, 2.75) is 6.42 Å². The molecule has 0 amide bonds. The van der Waals surface area contributed by atoms with Crippen molar-refractivity contribution < 1.29 is 19.4 Å². The molecule has 1 aromatic heterocycles. The summed E-state index contributed by atoms with van der Waals surface area (Å²) in [5.74, 6) is -0.0925. The molecular formula is C19H24N4O4. The zero-order chi connectivity index (χ0) is 19.1. The lowest BCUT2D eigenvalue weighted by molar-refractivity contribution is 0.0690. The van der Waals surface area contributed by atoms with Gasteiger partial charge in [0, 0.05) is 45.1 Å². The minimum atomic E-state index is -1.07. The standard InChI is InChI=1S/C19H24N4O4/c1-26-11-5-8-23(15-6-3-2-4-7-15)17-14-16(18(24)25)20-19(21-17)22-9-12-27-13-10-22/h2-4,6-7,14H,5,8-13H2,1H3,(H,24,25). The van der Waals surface area contributed by atoms with Gasteiger partial charge in [-0.05, 0) is 18.6 Å². The second-order valence-electron chi connectivity index (χ2n) is 6.15. The van der Waals surface area contributed by atoms with Crippen LogP contribution in [0.25, 0.3) is 0 Å². The quantitative estimate of drug-likeness (QED) is 0.706. The number of carboxylic acid groups (broad SMARTS) is 1. The summed E-state index contributed by atoms with van der Waals surface area (Å²) in [4.78, 5) is 24.5. The number of aromatic carboxylic acids is 1. The number of nitrogens with zero attached hydrogens (tertiary/aromatic N) is 4. The highest BCUT2D eigenvalue weighted by molar-refractivity contribution is 5.87. The van der Waals surface area contributed by atoms with E-state index in [0.717, 1.165) is 12.1 Å². The SMILES string of the molecule is COCCCN(c1ccccc1)c1cc(C(=O)O)nc(N2CCOCC2)n1. The Hall–Kier alpha value is -2.71. The number of aromatic nitrogens is 2. The summed E-state index contributed by atoms with van der Waals surface area (Å²) in [6, 6.07) is 11.3. The van der Waals surface area contributed by atoms with Gasteiger partial charge < -0.3 is 24.4 Å². The molecule has 2 aromatic rings. The van der Waals surface area contributed by atoms with Crippen molar-refractivity contribution in [1.82, 2.24) is 9.97 Å². The first-order valence-corrected chi connectivity index (χ1v) is 8.95. The van der Waals surface area contributed by atoms with Crippen LogP contribution in [0.1, 0.15) is 16.9 Å². The number of carbonyl (C=O) groups is 1. The topological polar surface area (TPSA) is 88.0 Å². The average Bonchev–Trinajstić information content (AvgIpc) is 2.72. The van der Waals surface area contributed by atoms with Crippen LogP contribution < -0.4 is 9.80 Å². The van der Waals surface area contributed by atoms with Crippen molar-refractivity contribution in [2.75, 3.05) is 56.4 Å². The molecule has 0 bridgehead atoms. The maximum atomic E-state index is 11.6. The number of hydrogen-bond acceptors (Lipinski definition) is 7. The Morgan fingerprint density at radius 3 is 2.67 bits per heavy atom. The summed E-state index contributed by atoms with van der Waals surface area (Å²) in [5.41, 5.74) is 0.922. The highest BCUT2D eigenvalue weighted by Gasteiger charge is 2.21. The summed E-state index contributed by atoms with van der Waals surface area (Å²) in [7, 11) is 1.66. The van der Waals surface area contributed by atoms with E-state index in [2.05, 4.69) is 9.97 Å². The van der Waals surface area contributed by atoms with Crippen LogP contribution in [0, 0.1) is 0 Å². The van der Waals surface area contributed by atoms with Crippen LogP contribution in [0.2, 0.25) is 0 Å². The summed E-state index contributed by atoms with van der Waals surface area (Å²) >= 11 is 0. The third-order valence-corrected chi connectivity index (χ3v) is 4.29. The first-order valence-electron chi connectivity index (χ1n) is 8.95. The Labute approximate surface area is 158 Å². The number of carboxylic acids is 1. The Morgan fingerprint density at radius 2 is 2.00 bits per heavy atom.